The normalized spacial score (nSPS) is 10.9. The highest BCUT2D eigenvalue weighted by Crippen LogP contribution is 2.32. The van der Waals surface area contributed by atoms with Crippen molar-refractivity contribution in [1.82, 2.24) is 9.78 Å². The van der Waals surface area contributed by atoms with Crippen LogP contribution in [0, 0.1) is 6.92 Å². The van der Waals surface area contributed by atoms with E-state index >= 15 is 0 Å². The number of esters is 1. The maximum Gasteiger partial charge on any atom is 0.348 e. The van der Waals surface area contributed by atoms with Gasteiger partial charge in [-0.25, -0.2) is 9.48 Å². The number of rotatable bonds is 8. The average Bonchev–Trinajstić information content (AvgIpc) is 3.40. The van der Waals surface area contributed by atoms with E-state index < -0.39 is 11.9 Å². The van der Waals surface area contributed by atoms with Crippen LogP contribution in [0.15, 0.2) is 54.6 Å². The maximum atomic E-state index is 12.6. The lowest BCUT2D eigenvalue weighted by molar-refractivity contribution is -0.119. The molecule has 0 aliphatic heterocycles. The van der Waals surface area contributed by atoms with Crippen LogP contribution in [0.4, 0.5) is 11.4 Å². The summed E-state index contributed by atoms with van der Waals surface area (Å²) in [5.41, 5.74) is 3.24. The molecule has 0 aliphatic carbocycles. The second-order valence-electron chi connectivity index (χ2n) is 7.62. The maximum absolute atomic E-state index is 12.6. The summed E-state index contributed by atoms with van der Waals surface area (Å²) in [6.07, 6.45) is 0. The lowest BCUT2D eigenvalue weighted by Crippen LogP contribution is -2.22. The van der Waals surface area contributed by atoms with Gasteiger partial charge in [0.2, 0.25) is 0 Å². The molecule has 34 heavy (non-hydrogen) atoms. The number of ether oxygens (including phenoxy) is 1. The van der Waals surface area contributed by atoms with Gasteiger partial charge < -0.3 is 15.0 Å². The van der Waals surface area contributed by atoms with Crippen LogP contribution in [0.2, 0.25) is 5.02 Å². The topological polar surface area (TPSA) is 76.5 Å². The van der Waals surface area contributed by atoms with Crippen molar-refractivity contribution in [2.75, 3.05) is 29.9 Å². The van der Waals surface area contributed by atoms with Gasteiger partial charge in [0.25, 0.3) is 5.91 Å². The van der Waals surface area contributed by atoms with E-state index in [2.05, 4.69) is 29.2 Å². The molecule has 1 amide bonds. The molecule has 0 saturated heterocycles. The number of aryl methyl sites for hydroxylation is 1. The van der Waals surface area contributed by atoms with E-state index in [1.54, 1.807) is 16.8 Å². The number of amides is 1. The Hall–Kier alpha value is -3.36. The first kappa shape index (κ1) is 23.8. The molecule has 0 saturated carbocycles. The molecule has 0 unspecified atom stereocenters. The third-order valence-corrected chi connectivity index (χ3v) is 6.85. The van der Waals surface area contributed by atoms with Crippen LogP contribution in [0.1, 0.15) is 29.2 Å². The van der Waals surface area contributed by atoms with E-state index in [0.29, 0.717) is 15.6 Å². The first-order chi connectivity index (χ1) is 16.4. The molecule has 0 atom stereocenters. The number of para-hydroxylation sites is 1. The number of carbonyl (C=O) groups excluding carboxylic acids is 2. The van der Waals surface area contributed by atoms with Crippen LogP contribution in [0.5, 0.6) is 0 Å². The van der Waals surface area contributed by atoms with Gasteiger partial charge in [-0.15, -0.1) is 11.3 Å². The predicted molar refractivity (Wildman–Crippen MR) is 138 cm³/mol. The van der Waals surface area contributed by atoms with Crippen molar-refractivity contribution in [3.8, 4) is 5.69 Å². The number of fused-ring (bicyclic) bond motifs is 1. The lowest BCUT2D eigenvalue weighted by Gasteiger charge is -2.21. The number of hydrogen-bond acceptors (Lipinski definition) is 6. The Balaban J connectivity index is 1.41. The number of nitrogens with one attached hydrogen (secondary N) is 1. The summed E-state index contributed by atoms with van der Waals surface area (Å²) in [5.74, 6) is -0.957. The molecule has 0 radical (unpaired) electrons. The van der Waals surface area contributed by atoms with Gasteiger partial charge in [-0.05, 0) is 63.2 Å². The zero-order chi connectivity index (χ0) is 24.2. The number of nitrogens with zero attached hydrogens (tertiary/aromatic N) is 3. The van der Waals surface area contributed by atoms with Gasteiger partial charge in [0.15, 0.2) is 6.61 Å². The van der Waals surface area contributed by atoms with E-state index in [1.807, 2.05) is 49.4 Å². The minimum absolute atomic E-state index is 0.375. The fraction of sp³-hybridized carbons (Fsp3) is 0.240. The molecule has 176 valence electrons. The molecule has 7 nitrogen and oxygen atoms in total. The summed E-state index contributed by atoms with van der Waals surface area (Å²) in [6, 6.07) is 16.7. The van der Waals surface area contributed by atoms with Crippen LogP contribution >= 0.6 is 22.9 Å². The van der Waals surface area contributed by atoms with Crippen LogP contribution in [0.25, 0.3) is 15.9 Å². The summed E-state index contributed by atoms with van der Waals surface area (Å²) >= 11 is 7.58. The van der Waals surface area contributed by atoms with E-state index in [-0.39, 0.29) is 6.61 Å². The van der Waals surface area contributed by atoms with Crippen molar-refractivity contribution in [2.45, 2.75) is 20.8 Å². The summed E-state index contributed by atoms with van der Waals surface area (Å²) < 4.78 is 6.99. The minimum atomic E-state index is -0.557. The van der Waals surface area contributed by atoms with Crippen LogP contribution in [-0.2, 0) is 9.53 Å². The molecule has 2 aromatic heterocycles. The zero-order valence-corrected chi connectivity index (χ0v) is 20.7. The monoisotopic (exact) mass is 496 g/mol. The summed E-state index contributed by atoms with van der Waals surface area (Å²) in [5, 5.41) is 8.72. The Bertz CT molecular complexity index is 1330. The average molecular weight is 497 g/mol. The molecule has 2 heterocycles. The zero-order valence-electron chi connectivity index (χ0n) is 19.2. The largest absolute Gasteiger partial charge is 0.451 e. The number of hydrogen-bond donors (Lipinski definition) is 1. The Morgan fingerprint density at radius 3 is 2.50 bits per heavy atom. The van der Waals surface area contributed by atoms with Gasteiger partial charge >= 0.3 is 5.97 Å². The summed E-state index contributed by atoms with van der Waals surface area (Å²) in [7, 11) is 0. The fourth-order valence-electron chi connectivity index (χ4n) is 3.68. The molecule has 0 aliphatic rings. The van der Waals surface area contributed by atoms with Crippen molar-refractivity contribution in [1.29, 1.82) is 0 Å². The Kier molecular flexibility index (Phi) is 7.19. The molecular formula is C25H25ClN4O3S. The van der Waals surface area contributed by atoms with E-state index in [1.165, 1.54) is 11.3 Å². The van der Waals surface area contributed by atoms with Crippen molar-refractivity contribution in [3.63, 3.8) is 0 Å². The SMILES string of the molecule is CCN(CC)c1ccc(NC(=O)COC(=O)c2cc3c(C)nn(-c4ccccc4Cl)c3s2)cc1. The fourth-order valence-corrected chi connectivity index (χ4v) is 4.96. The number of aromatic nitrogens is 2. The van der Waals surface area contributed by atoms with E-state index in [4.69, 9.17) is 16.3 Å². The Labute approximate surface area is 206 Å². The molecule has 4 aromatic rings. The third kappa shape index (κ3) is 4.93. The van der Waals surface area contributed by atoms with Crippen LogP contribution in [-0.4, -0.2) is 41.4 Å². The second-order valence-corrected chi connectivity index (χ2v) is 9.06. The van der Waals surface area contributed by atoms with Gasteiger partial charge in [-0.1, -0.05) is 23.7 Å². The quantitative estimate of drug-likeness (QED) is 0.317. The first-order valence-electron chi connectivity index (χ1n) is 11.0. The van der Waals surface area contributed by atoms with Gasteiger partial charge in [0.1, 0.15) is 9.71 Å². The Morgan fingerprint density at radius 2 is 1.82 bits per heavy atom. The molecule has 2 aromatic carbocycles. The summed E-state index contributed by atoms with van der Waals surface area (Å²) in [6.45, 7) is 7.51. The van der Waals surface area contributed by atoms with Gasteiger partial charge in [0, 0.05) is 29.9 Å². The number of benzene rings is 2. The number of carbonyl (C=O) groups is 2. The molecule has 0 bridgehead atoms. The number of thiophene rings is 1. The van der Waals surface area contributed by atoms with Gasteiger partial charge in [-0.2, -0.15) is 5.10 Å². The molecule has 1 N–H and O–H groups in total. The van der Waals surface area contributed by atoms with Gasteiger partial charge in [0.05, 0.1) is 16.4 Å². The smallest absolute Gasteiger partial charge is 0.348 e. The van der Waals surface area contributed by atoms with E-state index in [9.17, 15) is 9.59 Å². The lowest BCUT2D eigenvalue weighted by atomic mass is 10.2. The van der Waals surface area contributed by atoms with Crippen LogP contribution < -0.4 is 10.2 Å². The molecule has 0 fully saturated rings. The molecule has 4 rings (SSSR count). The van der Waals surface area contributed by atoms with Crippen LogP contribution in [0.3, 0.4) is 0 Å². The molecule has 0 spiro atoms. The standard InChI is InChI=1S/C25H25ClN4O3S/c1-4-29(5-2)18-12-10-17(11-13-18)27-23(31)15-33-25(32)22-14-19-16(3)28-30(24(19)34-22)21-9-7-6-8-20(21)26/h6-14H,4-5,15H2,1-3H3,(H,27,31). The highest BCUT2D eigenvalue weighted by molar-refractivity contribution is 7.20. The third-order valence-electron chi connectivity index (χ3n) is 5.44. The predicted octanol–water partition coefficient (Wildman–Crippen LogP) is 5.69. The number of halogens is 1. The second kappa shape index (κ2) is 10.3. The van der Waals surface area contributed by atoms with Crippen molar-refractivity contribution < 1.29 is 14.3 Å². The Morgan fingerprint density at radius 1 is 1.12 bits per heavy atom. The summed E-state index contributed by atoms with van der Waals surface area (Å²) in [4.78, 5) is 28.3. The highest BCUT2D eigenvalue weighted by atomic mass is 35.5. The van der Waals surface area contributed by atoms with Crippen molar-refractivity contribution >= 4 is 56.4 Å². The highest BCUT2D eigenvalue weighted by Gasteiger charge is 2.20. The van der Waals surface area contributed by atoms with Crippen molar-refractivity contribution in [3.05, 3.63) is 70.2 Å². The first-order valence-corrected chi connectivity index (χ1v) is 12.2. The molecular weight excluding hydrogens is 472 g/mol. The van der Waals surface area contributed by atoms with Gasteiger partial charge in [-0.3, -0.25) is 4.79 Å². The number of anilines is 2. The van der Waals surface area contributed by atoms with E-state index in [0.717, 1.165) is 40.4 Å². The van der Waals surface area contributed by atoms with Crippen molar-refractivity contribution in [2.24, 2.45) is 0 Å². The minimum Gasteiger partial charge on any atom is -0.451 e. The molecule has 9 heteroatoms.